The molecule has 0 aliphatic carbocycles. The molecule has 4 heteroatoms. The second-order valence-corrected chi connectivity index (χ2v) is 3.95. The van der Waals surface area contributed by atoms with Crippen molar-refractivity contribution in [2.75, 3.05) is 6.54 Å². The molecule has 0 aromatic carbocycles. The minimum absolute atomic E-state index is 0.0988. The molecule has 0 aliphatic heterocycles. The highest BCUT2D eigenvalue weighted by Gasteiger charge is 2.17. The molecule has 0 aromatic rings. The molecule has 74 valence electrons. The Morgan fingerprint density at radius 1 is 1.69 bits per heavy atom. The lowest BCUT2D eigenvalue weighted by Crippen LogP contribution is -2.35. The van der Waals surface area contributed by atoms with Crippen LogP contribution in [0.15, 0.2) is 0 Å². The van der Waals surface area contributed by atoms with Gasteiger partial charge in [-0.3, -0.25) is 4.79 Å². The number of nitrogens with zero attached hydrogens (tertiary/aromatic N) is 1. The number of rotatable bonds is 4. The lowest BCUT2D eigenvalue weighted by atomic mass is 9.96. The summed E-state index contributed by atoms with van der Waals surface area (Å²) in [5, 5.41) is 11.3. The normalized spacial score (nSPS) is 13.2. The first kappa shape index (κ1) is 11.9. The summed E-state index contributed by atoms with van der Waals surface area (Å²) in [6.45, 7) is 5.70. The van der Waals surface area contributed by atoms with Crippen molar-refractivity contribution in [3.63, 3.8) is 0 Å². The van der Waals surface area contributed by atoms with Crippen molar-refractivity contribution >= 4 is 5.91 Å². The first-order chi connectivity index (χ1) is 5.87. The summed E-state index contributed by atoms with van der Waals surface area (Å²) in [6.07, 6.45) is 0.307. The lowest BCUT2D eigenvalue weighted by Gasteiger charge is -2.16. The van der Waals surface area contributed by atoms with E-state index in [1.807, 2.05) is 0 Å². The minimum atomic E-state index is -0.506. The summed E-state index contributed by atoms with van der Waals surface area (Å²) in [7, 11) is 0. The highest BCUT2D eigenvalue weighted by Crippen LogP contribution is 2.10. The van der Waals surface area contributed by atoms with Gasteiger partial charge in [0.05, 0.1) is 11.5 Å². The zero-order valence-corrected chi connectivity index (χ0v) is 8.42. The summed E-state index contributed by atoms with van der Waals surface area (Å²) >= 11 is 0. The van der Waals surface area contributed by atoms with Gasteiger partial charge in [0.15, 0.2) is 0 Å². The average molecular weight is 183 g/mol. The number of hydrogen-bond acceptors (Lipinski definition) is 3. The number of hydrogen-bond donors (Lipinski definition) is 2. The number of amides is 1. The van der Waals surface area contributed by atoms with Crippen LogP contribution in [0.25, 0.3) is 0 Å². The van der Waals surface area contributed by atoms with Crippen molar-refractivity contribution in [1.82, 2.24) is 5.32 Å². The standard InChI is InChI=1S/C9H17N3O/c1-7(11)4-8(13)12-6-9(2,3)5-10/h7H,4,6,11H2,1-3H3,(H,12,13). The Hall–Kier alpha value is -1.08. The molecule has 13 heavy (non-hydrogen) atoms. The molecule has 0 saturated heterocycles. The summed E-state index contributed by atoms with van der Waals surface area (Å²) < 4.78 is 0. The zero-order valence-electron chi connectivity index (χ0n) is 8.42. The third-order valence-corrected chi connectivity index (χ3v) is 1.54. The molecule has 0 bridgehead atoms. The van der Waals surface area contributed by atoms with Crippen molar-refractivity contribution in [3.05, 3.63) is 0 Å². The highest BCUT2D eigenvalue weighted by atomic mass is 16.1. The fourth-order valence-electron chi connectivity index (χ4n) is 0.724. The van der Waals surface area contributed by atoms with Crippen LogP contribution >= 0.6 is 0 Å². The zero-order chi connectivity index (χ0) is 10.5. The monoisotopic (exact) mass is 183 g/mol. The van der Waals surface area contributed by atoms with Gasteiger partial charge in [0.25, 0.3) is 0 Å². The van der Waals surface area contributed by atoms with E-state index in [2.05, 4.69) is 11.4 Å². The molecule has 1 unspecified atom stereocenters. The van der Waals surface area contributed by atoms with Gasteiger partial charge in [-0.2, -0.15) is 5.26 Å². The van der Waals surface area contributed by atoms with Gasteiger partial charge in [0, 0.05) is 19.0 Å². The van der Waals surface area contributed by atoms with Crippen molar-refractivity contribution in [2.24, 2.45) is 11.1 Å². The fraction of sp³-hybridized carbons (Fsp3) is 0.778. The van der Waals surface area contributed by atoms with Crippen LogP contribution in [0.1, 0.15) is 27.2 Å². The van der Waals surface area contributed by atoms with E-state index in [1.165, 1.54) is 0 Å². The molecule has 0 spiro atoms. The van der Waals surface area contributed by atoms with Crippen LogP contribution in [-0.4, -0.2) is 18.5 Å². The maximum atomic E-state index is 11.1. The smallest absolute Gasteiger partial charge is 0.221 e. The van der Waals surface area contributed by atoms with Crippen LogP contribution in [0.4, 0.5) is 0 Å². The molecule has 1 atom stereocenters. The third kappa shape index (κ3) is 6.12. The van der Waals surface area contributed by atoms with Gasteiger partial charge in [-0.1, -0.05) is 0 Å². The Balaban J connectivity index is 3.78. The van der Waals surface area contributed by atoms with E-state index in [0.29, 0.717) is 13.0 Å². The van der Waals surface area contributed by atoms with E-state index in [0.717, 1.165) is 0 Å². The topological polar surface area (TPSA) is 78.9 Å². The Labute approximate surface area is 79.1 Å². The van der Waals surface area contributed by atoms with Crippen molar-refractivity contribution in [1.29, 1.82) is 5.26 Å². The van der Waals surface area contributed by atoms with E-state index >= 15 is 0 Å². The minimum Gasteiger partial charge on any atom is -0.354 e. The predicted octanol–water partition coefficient (Wildman–Crippen LogP) is 0.390. The van der Waals surface area contributed by atoms with Gasteiger partial charge in [-0.25, -0.2) is 0 Å². The summed E-state index contributed by atoms with van der Waals surface area (Å²) in [4.78, 5) is 11.1. The van der Waals surface area contributed by atoms with Crippen LogP contribution in [0, 0.1) is 16.7 Å². The number of nitrogens with one attached hydrogen (secondary N) is 1. The summed E-state index contributed by atoms with van der Waals surface area (Å²) in [6, 6.07) is 1.97. The van der Waals surface area contributed by atoms with E-state index in [9.17, 15) is 4.79 Å². The molecule has 0 saturated carbocycles. The molecule has 1 amide bonds. The fourth-order valence-corrected chi connectivity index (χ4v) is 0.724. The maximum absolute atomic E-state index is 11.1. The second-order valence-electron chi connectivity index (χ2n) is 3.95. The van der Waals surface area contributed by atoms with E-state index in [-0.39, 0.29) is 11.9 Å². The first-order valence-electron chi connectivity index (χ1n) is 4.31. The SMILES string of the molecule is CC(N)CC(=O)NCC(C)(C)C#N. The lowest BCUT2D eigenvalue weighted by molar-refractivity contribution is -0.121. The Morgan fingerprint density at radius 3 is 2.62 bits per heavy atom. The van der Waals surface area contributed by atoms with E-state index in [4.69, 9.17) is 11.0 Å². The Kier molecular flexibility index (Phi) is 4.43. The predicted molar refractivity (Wildman–Crippen MR) is 50.7 cm³/mol. The largest absolute Gasteiger partial charge is 0.354 e. The van der Waals surface area contributed by atoms with Crippen molar-refractivity contribution in [3.8, 4) is 6.07 Å². The second kappa shape index (κ2) is 4.83. The molecule has 0 heterocycles. The van der Waals surface area contributed by atoms with E-state index in [1.54, 1.807) is 20.8 Å². The average Bonchev–Trinajstić information content (AvgIpc) is 2.00. The van der Waals surface area contributed by atoms with Gasteiger partial charge in [-0.05, 0) is 20.8 Å². The maximum Gasteiger partial charge on any atom is 0.221 e. The first-order valence-corrected chi connectivity index (χ1v) is 4.31. The van der Waals surface area contributed by atoms with Crippen LogP contribution in [0.2, 0.25) is 0 Å². The molecule has 4 nitrogen and oxygen atoms in total. The Bertz CT molecular complexity index is 215. The molecule has 0 radical (unpaired) electrons. The van der Waals surface area contributed by atoms with Crippen LogP contribution in [-0.2, 0) is 4.79 Å². The van der Waals surface area contributed by atoms with Crippen LogP contribution < -0.4 is 11.1 Å². The van der Waals surface area contributed by atoms with Crippen molar-refractivity contribution in [2.45, 2.75) is 33.2 Å². The summed E-state index contributed by atoms with van der Waals surface area (Å²) in [5.41, 5.74) is 4.93. The third-order valence-electron chi connectivity index (χ3n) is 1.54. The van der Waals surface area contributed by atoms with Gasteiger partial charge < -0.3 is 11.1 Å². The number of carbonyl (C=O) groups excluding carboxylic acids is 1. The molecular formula is C9H17N3O. The van der Waals surface area contributed by atoms with Crippen molar-refractivity contribution < 1.29 is 4.79 Å². The van der Waals surface area contributed by atoms with E-state index < -0.39 is 5.41 Å². The summed E-state index contributed by atoms with van der Waals surface area (Å²) in [5.74, 6) is -0.0988. The van der Waals surface area contributed by atoms with Gasteiger partial charge in [0.1, 0.15) is 0 Å². The molecule has 3 N–H and O–H groups in total. The number of carbonyl (C=O) groups is 1. The quantitative estimate of drug-likeness (QED) is 0.661. The van der Waals surface area contributed by atoms with Gasteiger partial charge >= 0.3 is 0 Å². The van der Waals surface area contributed by atoms with Gasteiger partial charge in [-0.15, -0.1) is 0 Å². The van der Waals surface area contributed by atoms with Gasteiger partial charge in [0.2, 0.25) is 5.91 Å². The number of nitriles is 1. The van der Waals surface area contributed by atoms with Crippen LogP contribution in [0.3, 0.4) is 0 Å². The molecule has 0 fully saturated rings. The number of nitrogens with two attached hydrogens (primary N) is 1. The molecular weight excluding hydrogens is 166 g/mol. The molecule has 0 rings (SSSR count). The molecule has 0 aliphatic rings. The molecule has 0 aromatic heterocycles. The van der Waals surface area contributed by atoms with Crippen LogP contribution in [0.5, 0.6) is 0 Å². The highest BCUT2D eigenvalue weighted by molar-refractivity contribution is 5.76. The Morgan fingerprint density at radius 2 is 2.23 bits per heavy atom.